The lowest BCUT2D eigenvalue weighted by atomic mass is 9.90. The number of urea groups is 1. The van der Waals surface area contributed by atoms with Crippen molar-refractivity contribution in [2.75, 3.05) is 74.5 Å². The summed E-state index contributed by atoms with van der Waals surface area (Å²) in [7, 11) is 0. The minimum atomic E-state index is -1.38. The number of rotatable bonds is 9. The lowest BCUT2D eigenvalue weighted by Gasteiger charge is -2.41. The molecule has 7 heterocycles. The summed E-state index contributed by atoms with van der Waals surface area (Å²) in [5.41, 5.74) is 12.9. The highest BCUT2D eigenvalue weighted by atomic mass is 19.1. The first-order valence-electron chi connectivity index (χ1n) is 22.1. The third kappa shape index (κ3) is 8.41. The van der Waals surface area contributed by atoms with Gasteiger partial charge in [-0.1, -0.05) is 25.1 Å². The average molecular weight is 859 g/mol. The summed E-state index contributed by atoms with van der Waals surface area (Å²) < 4.78 is 25.1. The number of imide groups is 1. The second-order valence-corrected chi connectivity index (χ2v) is 17.5. The number of phenols is 1. The van der Waals surface area contributed by atoms with Gasteiger partial charge in [0.15, 0.2) is 5.82 Å². The lowest BCUT2D eigenvalue weighted by molar-refractivity contribution is -0.120. The summed E-state index contributed by atoms with van der Waals surface area (Å²) in [6.07, 6.45) is 6.97. The van der Waals surface area contributed by atoms with Gasteiger partial charge < -0.3 is 34.8 Å². The normalized spacial score (nSPS) is 20.1. The van der Waals surface area contributed by atoms with Crippen LogP contribution in [0.15, 0.2) is 60.9 Å². The number of carbonyl (C=O) groups is 3. The molecule has 1 atom stereocenters. The van der Waals surface area contributed by atoms with Gasteiger partial charge in [0.05, 0.1) is 29.9 Å². The monoisotopic (exact) mass is 858 g/mol. The van der Waals surface area contributed by atoms with Gasteiger partial charge in [0.2, 0.25) is 5.91 Å². The van der Waals surface area contributed by atoms with Crippen molar-refractivity contribution in [2.24, 2.45) is 0 Å². The van der Waals surface area contributed by atoms with E-state index in [1.54, 1.807) is 34.2 Å². The van der Waals surface area contributed by atoms with E-state index >= 15 is 4.39 Å². The number of ether oxygens (including phenoxy) is 1. The number of hydrogen-bond acceptors (Lipinski definition) is 11. The van der Waals surface area contributed by atoms with Crippen molar-refractivity contribution in [3.05, 3.63) is 88.7 Å². The van der Waals surface area contributed by atoms with Crippen LogP contribution in [0.4, 0.5) is 26.4 Å². The number of anilines is 3. The Balaban J connectivity index is 0.800. The zero-order valence-corrected chi connectivity index (χ0v) is 36.1. The van der Waals surface area contributed by atoms with Crippen LogP contribution in [0.3, 0.4) is 0 Å². The fraction of sp³-hybridized carbons (Fsp3) is 0.447. The van der Waals surface area contributed by atoms with Crippen molar-refractivity contribution in [3.8, 4) is 17.0 Å². The van der Waals surface area contributed by atoms with E-state index in [9.17, 15) is 19.5 Å². The lowest BCUT2D eigenvalue weighted by Crippen LogP contribution is -2.51. The molecule has 0 radical (unpaired) electrons. The summed E-state index contributed by atoms with van der Waals surface area (Å²) in [6, 6.07) is 14.6. The number of aromatic nitrogens is 4. The number of alkyl halides is 1. The summed E-state index contributed by atoms with van der Waals surface area (Å²) in [4.78, 5) is 50.7. The molecule has 0 unspecified atom stereocenters. The summed E-state index contributed by atoms with van der Waals surface area (Å²) in [6.45, 7) is 10.5. The number of aromatic hydroxyl groups is 1. The van der Waals surface area contributed by atoms with Gasteiger partial charge in [0.25, 0.3) is 5.91 Å². The SMILES string of the molecule is CCc1cn(C2CCN(CC3(F)CCN(C(=O)c4cc(C)c([C@H]5CN(c6cc(-c7ccccc7O)nnc6N)CCO5)cc4C)CC3)CC2)c2ncc(N3CCC(=O)NC3=O)cc12. The van der Waals surface area contributed by atoms with Crippen LogP contribution in [0.25, 0.3) is 22.3 Å². The molecule has 4 fully saturated rings. The molecule has 0 bridgehead atoms. The molecular weight excluding hydrogens is 804 g/mol. The second-order valence-electron chi connectivity index (χ2n) is 17.5. The summed E-state index contributed by atoms with van der Waals surface area (Å²) in [5.74, 6) is 0.0576. The van der Waals surface area contributed by atoms with Gasteiger partial charge in [-0.05, 0) is 85.7 Å². The standard InChI is InChI=1S/C47H55FN10O5/c1-4-31-26-58(44-37(31)23-33(25-50-44)57-16-11-42(60)51-46(57)62)32-9-14-54(15-10-32)28-47(48)12-17-55(18-13-47)45(61)36-22-29(2)35(21-30(36)3)41-27-56(19-20-63-41)39-24-38(52-53-43(39)49)34-7-5-6-8-40(34)59/h5-8,21-26,32,41,59H,4,9-20,27-28H2,1-3H3,(H2,49,53)(H,51,60,62)/t41-/m1/s1. The number of nitrogens with two attached hydrogens (primary N) is 1. The fourth-order valence-corrected chi connectivity index (χ4v) is 9.84. The molecule has 16 heteroatoms. The molecule has 4 N–H and O–H groups in total. The molecule has 330 valence electrons. The smallest absolute Gasteiger partial charge is 0.328 e. The molecule has 0 aliphatic carbocycles. The number of aryl methyl sites for hydroxylation is 3. The number of piperidine rings is 2. The number of hydrogen-bond donors (Lipinski definition) is 3. The number of para-hydroxylation sites is 1. The number of pyridine rings is 1. The van der Waals surface area contributed by atoms with E-state index in [2.05, 4.69) is 43.0 Å². The quantitative estimate of drug-likeness (QED) is 0.153. The minimum Gasteiger partial charge on any atom is -0.507 e. The molecule has 0 saturated carbocycles. The van der Waals surface area contributed by atoms with Crippen LogP contribution in [-0.4, -0.2) is 117 Å². The maximum Gasteiger partial charge on any atom is 0.328 e. The Morgan fingerprint density at radius 1 is 1.00 bits per heavy atom. The number of carbonyl (C=O) groups excluding carboxylic acids is 3. The molecule has 2 aromatic carbocycles. The Morgan fingerprint density at radius 2 is 1.78 bits per heavy atom. The number of amides is 4. The van der Waals surface area contributed by atoms with E-state index in [-0.39, 0.29) is 49.0 Å². The number of halogens is 1. The number of benzene rings is 2. The number of likely N-dealkylation sites (tertiary alicyclic amines) is 2. The van der Waals surface area contributed by atoms with E-state index in [1.807, 2.05) is 44.2 Å². The Hall–Kier alpha value is -6.13. The predicted octanol–water partition coefficient (Wildman–Crippen LogP) is 6.27. The number of nitrogen functional groups attached to an aromatic ring is 1. The van der Waals surface area contributed by atoms with Crippen LogP contribution in [0.1, 0.15) is 83.8 Å². The van der Waals surface area contributed by atoms with E-state index < -0.39 is 11.7 Å². The molecule has 4 aliphatic rings. The first kappa shape index (κ1) is 42.2. The molecule has 4 saturated heterocycles. The Labute approximate surface area is 366 Å². The third-order valence-electron chi connectivity index (χ3n) is 13.5. The molecule has 15 nitrogen and oxygen atoms in total. The van der Waals surface area contributed by atoms with Crippen molar-refractivity contribution in [3.63, 3.8) is 0 Å². The van der Waals surface area contributed by atoms with Crippen LogP contribution in [0.5, 0.6) is 5.75 Å². The van der Waals surface area contributed by atoms with Crippen LogP contribution >= 0.6 is 0 Å². The first-order chi connectivity index (χ1) is 30.4. The topological polar surface area (TPSA) is 175 Å². The molecule has 4 aliphatic heterocycles. The highest BCUT2D eigenvalue weighted by Gasteiger charge is 2.39. The van der Waals surface area contributed by atoms with Crippen molar-refractivity contribution in [1.82, 2.24) is 34.9 Å². The predicted molar refractivity (Wildman–Crippen MR) is 239 cm³/mol. The van der Waals surface area contributed by atoms with Gasteiger partial charge in [0, 0.05) is 100 Å². The average Bonchev–Trinajstić information content (AvgIpc) is 3.66. The number of nitrogens with one attached hydrogen (secondary N) is 1. The van der Waals surface area contributed by atoms with Gasteiger partial charge in [-0.15, -0.1) is 10.2 Å². The van der Waals surface area contributed by atoms with Crippen molar-refractivity contribution >= 4 is 46.1 Å². The van der Waals surface area contributed by atoms with Gasteiger partial charge >= 0.3 is 6.03 Å². The zero-order chi connectivity index (χ0) is 44.0. The van der Waals surface area contributed by atoms with Crippen molar-refractivity contribution in [1.29, 1.82) is 0 Å². The Kier molecular flexibility index (Phi) is 11.5. The third-order valence-corrected chi connectivity index (χ3v) is 13.5. The van der Waals surface area contributed by atoms with Crippen LogP contribution in [-0.2, 0) is 16.0 Å². The number of phenolic OH excluding ortho intramolecular Hbond substituents is 1. The summed E-state index contributed by atoms with van der Waals surface area (Å²) >= 11 is 0. The van der Waals surface area contributed by atoms with E-state index in [0.29, 0.717) is 79.9 Å². The van der Waals surface area contributed by atoms with Gasteiger partial charge in [-0.3, -0.25) is 19.8 Å². The molecule has 4 amide bonds. The molecule has 5 aromatic rings. The largest absolute Gasteiger partial charge is 0.507 e. The highest BCUT2D eigenvalue weighted by molar-refractivity contribution is 6.06. The first-order valence-corrected chi connectivity index (χ1v) is 22.1. The highest BCUT2D eigenvalue weighted by Crippen LogP contribution is 2.37. The number of nitrogens with zero attached hydrogens (tertiary/aromatic N) is 8. The number of morpholine rings is 1. The molecule has 3 aromatic heterocycles. The van der Waals surface area contributed by atoms with Crippen molar-refractivity contribution in [2.45, 2.75) is 77.1 Å². The molecule has 9 rings (SSSR count). The Morgan fingerprint density at radius 3 is 2.52 bits per heavy atom. The van der Waals surface area contributed by atoms with Crippen molar-refractivity contribution < 1.29 is 28.6 Å². The number of fused-ring (bicyclic) bond motifs is 1. The zero-order valence-electron chi connectivity index (χ0n) is 36.1. The van der Waals surface area contributed by atoms with Gasteiger partial charge in [0.1, 0.15) is 23.2 Å². The van der Waals surface area contributed by atoms with E-state index in [4.69, 9.17) is 15.5 Å². The second kappa shape index (κ2) is 17.2. The fourth-order valence-electron chi connectivity index (χ4n) is 9.84. The molecule has 0 spiro atoms. The molecular formula is C47H55FN10O5. The minimum absolute atomic E-state index is 0.0797. The van der Waals surface area contributed by atoms with Crippen LogP contribution < -0.4 is 20.9 Å². The molecule has 63 heavy (non-hydrogen) atoms. The van der Waals surface area contributed by atoms with E-state index in [0.717, 1.165) is 65.6 Å². The van der Waals surface area contributed by atoms with E-state index in [1.165, 1.54) is 0 Å². The Bertz CT molecular complexity index is 2570. The van der Waals surface area contributed by atoms with Crippen LogP contribution in [0.2, 0.25) is 0 Å². The summed E-state index contributed by atoms with van der Waals surface area (Å²) in [5, 5.41) is 22.3. The van der Waals surface area contributed by atoms with Gasteiger partial charge in [-0.2, -0.15) is 0 Å². The van der Waals surface area contributed by atoms with Crippen LogP contribution in [0, 0.1) is 13.8 Å². The maximum atomic E-state index is 16.5. The van der Waals surface area contributed by atoms with Gasteiger partial charge in [-0.25, -0.2) is 14.2 Å². The maximum absolute atomic E-state index is 16.5.